The van der Waals surface area contributed by atoms with Crippen LogP contribution in [-0.4, -0.2) is 10.7 Å². The van der Waals surface area contributed by atoms with Crippen LogP contribution in [0.3, 0.4) is 0 Å². The second-order valence-electron chi connectivity index (χ2n) is 3.72. The fraction of sp³-hybridized carbons (Fsp3) is 0.308. The number of nitrogens with zero attached hydrogens (tertiary/aromatic N) is 1. The van der Waals surface area contributed by atoms with Crippen LogP contribution < -0.4 is 0 Å². The standard InChI is InChI=1S/C13H15NO3/c1-2-3-4-5-6-13(15)11-7-9-12(10-8-11)14(16)17/h6-10H,1-5H2. The SMILES string of the molecule is [CH2]CCCC[CH]C(=O)c1ccc([N+](=O)[O-])cc1. The van der Waals surface area contributed by atoms with Gasteiger partial charge in [0.25, 0.3) is 5.69 Å². The molecule has 4 nitrogen and oxygen atoms in total. The van der Waals surface area contributed by atoms with Crippen LogP contribution in [-0.2, 0) is 0 Å². The van der Waals surface area contributed by atoms with Gasteiger partial charge in [-0.15, -0.1) is 0 Å². The molecule has 4 heteroatoms. The molecule has 0 spiro atoms. The number of unbranched alkanes of at least 4 members (excludes halogenated alkanes) is 3. The molecule has 0 unspecified atom stereocenters. The van der Waals surface area contributed by atoms with Crippen molar-refractivity contribution in [3.8, 4) is 0 Å². The zero-order valence-electron chi connectivity index (χ0n) is 9.59. The Kier molecular flexibility index (Phi) is 5.33. The maximum atomic E-state index is 11.6. The summed E-state index contributed by atoms with van der Waals surface area (Å²) in [6.07, 6.45) is 5.17. The van der Waals surface area contributed by atoms with Crippen LogP contribution in [0.1, 0.15) is 36.0 Å². The van der Waals surface area contributed by atoms with Crippen molar-refractivity contribution >= 4 is 11.5 Å². The highest BCUT2D eigenvalue weighted by molar-refractivity contribution is 6.02. The van der Waals surface area contributed by atoms with Gasteiger partial charge in [0.05, 0.1) is 4.92 Å². The number of hydrogen-bond acceptors (Lipinski definition) is 3. The van der Waals surface area contributed by atoms with Crippen molar-refractivity contribution in [1.82, 2.24) is 0 Å². The van der Waals surface area contributed by atoms with Crippen LogP contribution in [0.15, 0.2) is 24.3 Å². The average Bonchev–Trinajstić information content (AvgIpc) is 2.34. The van der Waals surface area contributed by atoms with Crippen LogP contribution in [0.5, 0.6) is 0 Å². The zero-order chi connectivity index (χ0) is 12.7. The molecular formula is C13H15NO3. The molecule has 0 N–H and O–H groups in total. The maximum absolute atomic E-state index is 11.6. The molecule has 17 heavy (non-hydrogen) atoms. The molecule has 0 aliphatic carbocycles. The lowest BCUT2D eigenvalue weighted by Gasteiger charge is -2.00. The van der Waals surface area contributed by atoms with E-state index in [1.165, 1.54) is 24.3 Å². The summed E-state index contributed by atoms with van der Waals surface area (Å²) in [7, 11) is 0. The zero-order valence-corrected chi connectivity index (χ0v) is 9.59. The Labute approximate surface area is 101 Å². The van der Waals surface area contributed by atoms with Gasteiger partial charge < -0.3 is 0 Å². The molecule has 90 valence electrons. The van der Waals surface area contributed by atoms with Gasteiger partial charge in [0.15, 0.2) is 5.78 Å². The molecule has 0 amide bonds. The van der Waals surface area contributed by atoms with Crippen LogP contribution in [0.2, 0.25) is 0 Å². The highest BCUT2D eigenvalue weighted by Gasteiger charge is 2.09. The van der Waals surface area contributed by atoms with Crippen LogP contribution >= 0.6 is 0 Å². The smallest absolute Gasteiger partial charge is 0.269 e. The summed E-state index contributed by atoms with van der Waals surface area (Å²) in [6, 6.07) is 5.66. The minimum Gasteiger partial charge on any atom is -0.294 e. The Morgan fingerprint density at radius 1 is 1.29 bits per heavy atom. The molecule has 0 saturated heterocycles. The molecule has 0 atom stereocenters. The van der Waals surface area contributed by atoms with Gasteiger partial charge in [-0.05, 0) is 18.6 Å². The van der Waals surface area contributed by atoms with E-state index in [1.807, 2.05) is 0 Å². The van der Waals surface area contributed by atoms with E-state index in [1.54, 1.807) is 6.42 Å². The third kappa shape index (κ3) is 4.34. The molecule has 1 rings (SSSR count). The number of non-ortho nitro benzene ring substituents is 1. The first-order valence-electron chi connectivity index (χ1n) is 5.56. The molecule has 0 fully saturated rings. The Morgan fingerprint density at radius 3 is 2.47 bits per heavy atom. The number of benzene rings is 1. The third-order valence-corrected chi connectivity index (χ3v) is 2.40. The van der Waals surface area contributed by atoms with Crippen LogP contribution in [0.4, 0.5) is 5.69 Å². The van der Waals surface area contributed by atoms with E-state index in [0.717, 1.165) is 25.7 Å². The van der Waals surface area contributed by atoms with Gasteiger partial charge in [-0.25, -0.2) is 0 Å². The van der Waals surface area contributed by atoms with Gasteiger partial charge in [-0.2, -0.15) is 0 Å². The average molecular weight is 233 g/mol. The van der Waals surface area contributed by atoms with E-state index in [4.69, 9.17) is 0 Å². The van der Waals surface area contributed by atoms with E-state index in [9.17, 15) is 14.9 Å². The van der Waals surface area contributed by atoms with Crippen LogP contribution in [0, 0.1) is 23.5 Å². The summed E-state index contributed by atoms with van der Waals surface area (Å²) in [4.78, 5) is 21.6. The lowest BCUT2D eigenvalue weighted by molar-refractivity contribution is -0.384. The monoisotopic (exact) mass is 233 g/mol. The van der Waals surface area contributed by atoms with E-state index in [2.05, 4.69) is 6.92 Å². The second-order valence-corrected chi connectivity index (χ2v) is 3.72. The number of nitro groups is 1. The number of ketones is 1. The van der Waals surface area contributed by atoms with E-state index >= 15 is 0 Å². The van der Waals surface area contributed by atoms with Crippen molar-refractivity contribution in [1.29, 1.82) is 0 Å². The van der Waals surface area contributed by atoms with E-state index < -0.39 is 4.92 Å². The third-order valence-electron chi connectivity index (χ3n) is 2.40. The maximum Gasteiger partial charge on any atom is 0.269 e. The predicted octanol–water partition coefficient (Wildman–Crippen LogP) is 3.38. The largest absolute Gasteiger partial charge is 0.294 e. The molecule has 0 heterocycles. The van der Waals surface area contributed by atoms with Gasteiger partial charge >= 0.3 is 0 Å². The van der Waals surface area contributed by atoms with Crippen molar-refractivity contribution in [3.05, 3.63) is 53.3 Å². The Morgan fingerprint density at radius 2 is 1.94 bits per heavy atom. The first-order chi connectivity index (χ1) is 8.15. The van der Waals surface area contributed by atoms with Crippen molar-refractivity contribution < 1.29 is 9.72 Å². The van der Waals surface area contributed by atoms with E-state index in [0.29, 0.717) is 5.56 Å². The molecule has 2 radical (unpaired) electrons. The minimum absolute atomic E-state index is 0.00129. The molecule has 0 saturated carbocycles. The summed E-state index contributed by atoms with van der Waals surface area (Å²) in [5.41, 5.74) is 0.490. The number of nitro benzene ring substituents is 1. The molecule has 0 aliphatic rings. The molecule has 1 aromatic rings. The Bertz CT molecular complexity index is 384. The fourth-order valence-corrected chi connectivity index (χ4v) is 1.42. The number of rotatable bonds is 7. The first-order valence-corrected chi connectivity index (χ1v) is 5.56. The van der Waals surface area contributed by atoms with Gasteiger partial charge in [-0.3, -0.25) is 14.9 Å². The van der Waals surface area contributed by atoms with Gasteiger partial charge in [0, 0.05) is 24.1 Å². The molecule has 0 aliphatic heterocycles. The fourth-order valence-electron chi connectivity index (χ4n) is 1.42. The lowest BCUT2D eigenvalue weighted by atomic mass is 10.0. The normalized spacial score (nSPS) is 10.2. The van der Waals surface area contributed by atoms with Crippen molar-refractivity contribution in [3.63, 3.8) is 0 Å². The lowest BCUT2D eigenvalue weighted by Crippen LogP contribution is -2.00. The topological polar surface area (TPSA) is 60.2 Å². The molecule has 1 aromatic carbocycles. The Balaban J connectivity index is 2.49. The van der Waals surface area contributed by atoms with Crippen molar-refractivity contribution in [2.24, 2.45) is 0 Å². The highest BCUT2D eigenvalue weighted by atomic mass is 16.6. The van der Waals surface area contributed by atoms with Crippen molar-refractivity contribution in [2.45, 2.75) is 25.7 Å². The summed E-state index contributed by atoms with van der Waals surface area (Å²) in [6.45, 7) is 3.72. The number of carbonyl (C=O) groups is 1. The molecule has 0 aromatic heterocycles. The molecular weight excluding hydrogens is 218 g/mol. The quantitative estimate of drug-likeness (QED) is 0.314. The highest BCUT2D eigenvalue weighted by Crippen LogP contribution is 2.14. The number of hydrogen-bond donors (Lipinski definition) is 0. The van der Waals surface area contributed by atoms with Gasteiger partial charge in [0.2, 0.25) is 0 Å². The van der Waals surface area contributed by atoms with Crippen LogP contribution in [0.25, 0.3) is 0 Å². The number of carbonyl (C=O) groups excluding carboxylic acids is 1. The number of Topliss-reactive ketones (excluding diaryl/α,β-unsaturated/α-hetero) is 1. The summed E-state index contributed by atoms with van der Waals surface area (Å²) < 4.78 is 0. The molecule has 0 bridgehead atoms. The minimum atomic E-state index is -0.480. The first kappa shape index (κ1) is 13.4. The van der Waals surface area contributed by atoms with Gasteiger partial charge in [-0.1, -0.05) is 26.2 Å². The summed E-state index contributed by atoms with van der Waals surface area (Å²) in [5.74, 6) is -0.0797. The summed E-state index contributed by atoms with van der Waals surface area (Å²) >= 11 is 0. The van der Waals surface area contributed by atoms with Gasteiger partial charge in [0.1, 0.15) is 0 Å². The second kappa shape index (κ2) is 6.78. The van der Waals surface area contributed by atoms with E-state index in [-0.39, 0.29) is 11.5 Å². The summed E-state index contributed by atoms with van der Waals surface area (Å²) in [5, 5.41) is 10.4. The van der Waals surface area contributed by atoms with Crippen molar-refractivity contribution in [2.75, 3.05) is 0 Å². The predicted molar refractivity (Wildman–Crippen MR) is 65.6 cm³/mol. The Hall–Kier alpha value is -1.71.